The zero-order valence-electron chi connectivity index (χ0n) is 12.1. The second-order valence-electron chi connectivity index (χ2n) is 4.69. The minimum absolute atomic E-state index is 0.245. The van der Waals surface area contributed by atoms with E-state index in [9.17, 15) is 0 Å². The highest BCUT2D eigenvalue weighted by atomic mass is 16.5. The summed E-state index contributed by atoms with van der Waals surface area (Å²) in [7, 11) is 0. The molecule has 0 radical (unpaired) electrons. The number of rotatable bonds is 9. The molecular formula is C17H25NO. The average molecular weight is 259 g/mol. The van der Waals surface area contributed by atoms with Crippen molar-refractivity contribution in [2.75, 3.05) is 13.2 Å². The van der Waals surface area contributed by atoms with Crippen LogP contribution in [0.25, 0.3) is 0 Å². The Bertz CT molecular complexity index is 377. The molecule has 0 spiro atoms. The summed E-state index contributed by atoms with van der Waals surface area (Å²) in [5.74, 6) is 3.68. The second-order valence-corrected chi connectivity index (χ2v) is 4.69. The van der Waals surface area contributed by atoms with Crippen LogP contribution in [0.2, 0.25) is 0 Å². The Hall–Kier alpha value is -1.46. The van der Waals surface area contributed by atoms with Gasteiger partial charge in [0.15, 0.2) is 0 Å². The lowest BCUT2D eigenvalue weighted by atomic mass is 10.0. The highest BCUT2D eigenvalue weighted by molar-refractivity contribution is 5.29. The summed E-state index contributed by atoms with van der Waals surface area (Å²) in [5.41, 5.74) is 1.23. The molecule has 104 valence electrons. The van der Waals surface area contributed by atoms with Crippen molar-refractivity contribution in [3.05, 3.63) is 29.8 Å². The molecule has 2 nitrogen and oxygen atoms in total. The molecule has 0 saturated carbocycles. The Balaban J connectivity index is 2.58. The first-order valence-corrected chi connectivity index (χ1v) is 7.21. The molecule has 1 unspecified atom stereocenters. The summed E-state index contributed by atoms with van der Waals surface area (Å²) < 4.78 is 5.66. The van der Waals surface area contributed by atoms with Gasteiger partial charge in [-0.05, 0) is 37.1 Å². The molecule has 1 rings (SSSR count). The summed E-state index contributed by atoms with van der Waals surface area (Å²) in [4.78, 5) is 0. The Morgan fingerprint density at radius 3 is 2.53 bits per heavy atom. The Labute approximate surface area is 117 Å². The van der Waals surface area contributed by atoms with E-state index in [0.717, 1.165) is 44.6 Å². The Morgan fingerprint density at radius 2 is 1.95 bits per heavy atom. The quantitative estimate of drug-likeness (QED) is 0.536. The van der Waals surface area contributed by atoms with Crippen LogP contribution < -0.4 is 10.1 Å². The van der Waals surface area contributed by atoms with Crippen LogP contribution in [0.4, 0.5) is 0 Å². The molecule has 0 aliphatic carbocycles. The van der Waals surface area contributed by atoms with Crippen molar-refractivity contribution in [3.63, 3.8) is 0 Å². The smallest absolute Gasteiger partial charge is 0.119 e. The normalized spacial score (nSPS) is 11.8. The van der Waals surface area contributed by atoms with Crippen LogP contribution in [0.15, 0.2) is 24.3 Å². The first-order valence-electron chi connectivity index (χ1n) is 7.21. The third-order valence-electron chi connectivity index (χ3n) is 3.01. The molecule has 1 atom stereocenters. The van der Waals surface area contributed by atoms with E-state index in [1.807, 2.05) is 12.1 Å². The highest BCUT2D eigenvalue weighted by Crippen LogP contribution is 2.20. The van der Waals surface area contributed by atoms with E-state index < -0.39 is 0 Å². The van der Waals surface area contributed by atoms with Gasteiger partial charge in [0.25, 0.3) is 0 Å². The van der Waals surface area contributed by atoms with Crippen LogP contribution in [0.3, 0.4) is 0 Å². The molecule has 0 saturated heterocycles. The lowest BCUT2D eigenvalue weighted by molar-refractivity contribution is 0.309. The molecule has 0 aliphatic rings. The van der Waals surface area contributed by atoms with Crippen LogP contribution >= 0.6 is 0 Å². The van der Waals surface area contributed by atoms with Crippen molar-refractivity contribution in [1.29, 1.82) is 0 Å². The number of hydrogen-bond acceptors (Lipinski definition) is 2. The van der Waals surface area contributed by atoms with E-state index in [1.165, 1.54) is 5.56 Å². The van der Waals surface area contributed by atoms with Gasteiger partial charge in [-0.2, -0.15) is 0 Å². The molecular weight excluding hydrogens is 234 g/mol. The topological polar surface area (TPSA) is 21.3 Å². The van der Waals surface area contributed by atoms with Gasteiger partial charge in [0, 0.05) is 12.5 Å². The van der Waals surface area contributed by atoms with E-state index in [0.29, 0.717) is 0 Å². The van der Waals surface area contributed by atoms with Crippen LogP contribution in [-0.2, 0) is 0 Å². The monoisotopic (exact) mass is 259 g/mol. The average Bonchev–Trinajstić information content (AvgIpc) is 2.45. The van der Waals surface area contributed by atoms with Gasteiger partial charge >= 0.3 is 0 Å². The summed E-state index contributed by atoms with van der Waals surface area (Å²) >= 11 is 0. The fourth-order valence-electron chi connectivity index (χ4n) is 1.88. The minimum Gasteiger partial charge on any atom is -0.494 e. The van der Waals surface area contributed by atoms with Crippen LogP contribution in [0, 0.1) is 12.3 Å². The van der Waals surface area contributed by atoms with E-state index in [-0.39, 0.29) is 6.04 Å². The maximum absolute atomic E-state index is 5.66. The lowest BCUT2D eigenvalue weighted by Crippen LogP contribution is -2.21. The molecule has 0 aliphatic heterocycles. The van der Waals surface area contributed by atoms with Gasteiger partial charge in [-0.3, -0.25) is 0 Å². The molecule has 1 aromatic rings. The standard InChI is InChI=1S/C17H25NO/c1-4-7-14-19-16-11-9-15(10-12-16)17(8-5-2)18-13-6-3/h2,9-12,17-18H,4,6-8,13-14H2,1,3H3. The first-order chi connectivity index (χ1) is 9.31. The van der Waals surface area contributed by atoms with Crippen molar-refractivity contribution >= 4 is 0 Å². The van der Waals surface area contributed by atoms with Gasteiger partial charge in [-0.1, -0.05) is 32.4 Å². The van der Waals surface area contributed by atoms with E-state index >= 15 is 0 Å². The largest absolute Gasteiger partial charge is 0.494 e. The number of ether oxygens (including phenoxy) is 1. The third kappa shape index (κ3) is 5.81. The van der Waals surface area contributed by atoms with Crippen molar-refractivity contribution < 1.29 is 4.74 Å². The molecule has 2 heteroatoms. The van der Waals surface area contributed by atoms with Crippen molar-refractivity contribution in [3.8, 4) is 18.1 Å². The number of unbranched alkanes of at least 4 members (excludes halogenated alkanes) is 1. The third-order valence-corrected chi connectivity index (χ3v) is 3.01. The predicted octanol–water partition coefficient (Wildman–Crippen LogP) is 3.93. The summed E-state index contributed by atoms with van der Waals surface area (Å²) in [6.07, 6.45) is 9.52. The number of terminal acetylenes is 1. The molecule has 0 bridgehead atoms. The van der Waals surface area contributed by atoms with Crippen LogP contribution in [0.5, 0.6) is 5.75 Å². The van der Waals surface area contributed by atoms with E-state index in [4.69, 9.17) is 11.2 Å². The maximum atomic E-state index is 5.66. The predicted molar refractivity (Wildman–Crippen MR) is 81.3 cm³/mol. The molecule has 1 aromatic carbocycles. The van der Waals surface area contributed by atoms with E-state index in [2.05, 4.69) is 37.2 Å². The van der Waals surface area contributed by atoms with Crippen molar-refractivity contribution in [2.45, 2.75) is 45.6 Å². The second kappa shape index (κ2) is 9.47. The van der Waals surface area contributed by atoms with Gasteiger partial charge < -0.3 is 10.1 Å². The van der Waals surface area contributed by atoms with E-state index in [1.54, 1.807) is 0 Å². The summed E-state index contributed by atoms with van der Waals surface area (Å²) in [5, 5.41) is 3.48. The van der Waals surface area contributed by atoms with Crippen LogP contribution in [0.1, 0.15) is 51.1 Å². The number of hydrogen-bond donors (Lipinski definition) is 1. The summed E-state index contributed by atoms with van der Waals surface area (Å²) in [6, 6.07) is 8.51. The fraction of sp³-hybridized carbons (Fsp3) is 0.529. The molecule has 0 amide bonds. The minimum atomic E-state index is 0.245. The van der Waals surface area contributed by atoms with Gasteiger partial charge in [0.2, 0.25) is 0 Å². The first kappa shape index (κ1) is 15.6. The van der Waals surface area contributed by atoms with Crippen molar-refractivity contribution in [2.24, 2.45) is 0 Å². The number of benzene rings is 1. The Morgan fingerprint density at radius 1 is 1.21 bits per heavy atom. The number of nitrogens with one attached hydrogen (secondary N) is 1. The van der Waals surface area contributed by atoms with Gasteiger partial charge in [-0.15, -0.1) is 12.3 Å². The molecule has 0 heterocycles. The SMILES string of the molecule is C#CCC(NCCC)c1ccc(OCCCC)cc1. The summed E-state index contributed by atoms with van der Waals surface area (Å²) in [6.45, 7) is 6.10. The van der Waals surface area contributed by atoms with Crippen LogP contribution in [-0.4, -0.2) is 13.2 Å². The zero-order valence-corrected chi connectivity index (χ0v) is 12.1. The maximum Gasteiger partial charge on any atom is 0.119 e. The Kier molecular flexibility index (Phi) is 7.77. The van der Waals surface area contributed by atoms with Gasteiger partial charge in [-0.25, -0.2) is 0 Å². The zero-order chi connectivity index (χ0) is 13.9. The molecule has 19 heavy (non-hydrogen) atoms. The lowest BCUT2D eigenvalue weighted by Gasteiger charge is -2.17. The van der Waals surface area contributed by atoms with Gasteiger partial charge in [0.05, 0.1) is 6.61 Å². The molecule has 1 N–H and O–H groups in total. The fourth-order valence-corrected chi connectivity index (χ4v) is 1.88. The van der Waals surface area contributed by atoms with Gasteiger partial charge in [0.1, 0.15) is 5.75 Å². The van der Waals surface area contributed by atoms with Crippen molar-refractivity contribution in [1.82, 2.24) is 5.32 Å². The molecule has 0 aromatic heterocycles. The molecule has 0 fully saturated rings. The highest BCUT2D eigenvalue weighted by Gasteiger charge is 2.08.